The lowest BCUT2D eigenvalue weighted by atomic mass is 9.99. The van der Waals surface area contributed by atoms with Crippen molar-refractivity contribution in [1.82, 2.24) is 89.9 Å². The largest absolute Gasteiger partial charge is 0.467 e. The lowest BCUT2D eigenvalue weighted by Gasteiger charge is -2.45. The third kappa shape index (κ3) is 15.1. The molecule has 36 heteroatoms. The lowest BCUT2D eigenvalue weighted by molar-refractivity contribution is 0.252. The van der Waals surface area contributed by atoms with Gasteiger partial charge in [-0.15, -0.1) is 5.10 Å². The minimum absolute atomic E-state index is 0.0500. The molecule has 21 heterocycles. The molecular weight excluding hydrogens is 1500 g/mol. The van der Waals surface area contributed by atoms with E-state index in [0.717, 1.165) is 169 Å². The van der Waals surface area contributed by atoms with Crippen molar-refractivity contribution in [2.75, 3.05) is 132 Å². The highest BCUT2D eigenvalue weighted by molar-refractivity contribution is 6.09. The predicted octanol–water partition coefficient (Wildman–Crippen LogP) is 11.2. The number of fused-ring (bicyclic) bond motifs is 17. The first kappa shape index (κ1) is 74.3. The Morgan fingerprint density at radius 2 is 0.856 bits per heavy atom. The van der Waals surface area contributed by atoms with E-state index >= 15 is 0 Å². The topological polar surface area (TPSA) is 398 Å². The maximum absolute atomic E-state index is 13.5. The molecule has 592 valence electrons. The average Bonchev–Trinajstić information content (AvgIpc) is 1.34. The van der Waals surface area contributed by atoms with Crippen LogP contribution in [0.4, 0.5) is 94.3 Å². The Labute approximate surface area is 675 Å². The summed E-state index contributed by atoms with van der Waals surface area (Å²) >= 11 is 0. The van der Waals surface area contributed by atoms with E-state index in [2.05, 4.69) is 128 Å². The van der Waals surface area contributed by atoms with Crippen molar-refractivity contribution >= 4 is 110 Å². The molecule has 8 aliphatic heterocycles. The summed E-state index contributed by atoms with van der Waals surface area (Å²) in [6, 6.07) is 32.7. The molecule has 0 aliphatic carbocycles. The van der Waals surface area contributed by atoms with Crippen LogP contribution in [-0.4, -0.2) is 205 Å². The number of piperidine rings is 1. The minimum atomic E-state index is -0.270. The first-order valence-corrected chi connectivity index (χ1v) is 38.7. The Morgan fingerprint density at radius 1 is 0.415 bits per heavy atom. The molecule has 0 unspecified atom stereocenters. The third-order valence-electron chi connectivity index (χ3n) is 21.7. The number of anilines is 13. The van der Waals surface area contributed by atoms with Gasteiger partial charge in [-0.1, -0.05) is 0 Å². The number of amides is 8. The first-order valence-electron chi connectivity index (χ1n) is 38.7. The van der Waals surface area contributed by atoms with Crippen molar-refractivity contribution in [3.05, 3.63) is 201 Å². The van der Waals surface area contributed by atoms with Crippen LogP contribution in [0, 0.1) is 13.8 Å². The first-order chi connectivity index (χ1) is 57.8. The molecule has 0 saturated carbocycles. The van der Waals surface area contributed by atoms with Gasteiger partial charge in [-0.3, -0.25) is 60.8 Å². The summed E-state index contributed by atoms with van der Waals surface area (Å²) in [6.45, 7) is 10.8. The van der Waals surface area contributed by atoms with E-state index < -0.39 is 0 Å². The maximum Gasteiger partial charge on any atom is 0.329 e. The number of pyridine rings is 8. The van der Waals surface area contributed by atoms with Crippen LogP contribution in [0.25, 0.3) is 56.1 Å². The lowest BCUT2D eigenvalue weighted by Crippen LogP contribution is -2.56. The summed E-state index contributed by atoms with van der Waals surface area (Å²) in [5.74, 6) is 5.10. The molecule has 0 spiro atoms. The molecule has 36 nitrogen and oxygen atoms in total. The Hall–Kier alpha value is -15.1. The molecule has 8 amide bonds. The monoisotopic (exact) mass is 1580 g/mol. The van der Waals surface area contributed by atoms with Crippen LogP contribution in [0.15, 0.2) is 190 Å². The number of methoxy groups -OCH3 is 1. The number of rotatable bonds is 10. The molecule has 0 aromatic carbocycles. The highest BCUT2D eigenvalue weighted by Crippen LogP contribution is 2.45. The minimum Gasteiger partial charge on any atom is -0.467 e. The van der Waals surface area contributed by atoms with Gasteiger partial charge in [0.1, 0.15) is 11.3 Å². The number of hydrogen-bond acceptors (Lipinski definition) is 27. The summed E-state index contributed by atoms with van der Waals surface area (Å²) in [6.07, 6.45) is 27.4. The number of H-pyrrole nitrogens is 1. The van der Waals surface area contributed by atoms with Crippen LogP contribution in [-0.2, 0) is 0 Å². The summed E-state index contributed by atoms with van der Waals surface area (Å²) in [5.41, 5.74) is 14.0. The number of nitrogens with one attached hydrogen (secondary N) is 6. The smallest absolute Gasteiger partial charge is 0.329 e. The van der Waals surface area contributed by atoms with Crippen LogP contribution >= 0.6 is 0 Å². The van der Waals surface area contributed by atoms with Gasteiger partial charge in [0.05, 0.1) is 101 Å². The van der Waals surface area contributed by atoms with Gasteiger partial charge in [-0.2, -0.15) is 5.10 Å². The molecule has 4 saturated heterocycles. The highest BCUT2D eigenvalue weighted by atomic mass is 16.5. The van der Waals surface area contributed by atoms with Gasteiger partial charge in [0, 0.05) is 161 Å². The van der Waals surface area contributed by atoms with Crippen molar-refractivity contribution in [3.63, 3.8) is 0 Å². The maximum atomic E-state index is 13.5. The van der Waals surface area contributed by atoms with Gasteiger partial charge >= 0.3 is 30.1 Å². The molecular formula is C82H79N31O5. The number of hydrogen-bond donors (Lipinski definition) is 6. The zero-order valence-corrected chi connectivity index (χ0v) is 64.6. The number of aryl methyl sites for hydroxylation is 2. The Balaban J connectivity index is 0.000000108. The summed E-state index contributed by atoms with van der Waals surface area (Å²) < 4.78 is 5.02. The van der Waals surface area contributed by atoms with E-state index in [0.29, 0.717) is 63.8 Å². The number of urea groups is 4. The second-order valence-corrected chi connectivity index (χ2v) is 29.0. The summed E-state index contributed by atoms with van der Waals surface area (Å²) in [4.78, 5) is 138. The molecule has 8 aliphatic rings. The molecule has 4 fully saturated rings. The Kier molecular flexibility index (Phi) is 20.4. The average molecular weight is 1580 g/mol. The van der Waals surface area contributed by atoms with Gasteiger partial charge in [0.15, 0.2) is 46.5 Å². The summed E-state index contributed by atoms with van der Waals surface area (Å²) in [7, 11) is 3.35. The fourth-order valence-electron chi connectivity index (χ4n) is 16.2. The molecule has 8 bridgehead atoms. The Bertz CT molecular complexity index is 5900. The van der Waals surface area contributed by atoms with E-state index in [4.69, 9.17) is 24.7 Å². The molecule has 0 radical (unpaired) electrons. The zero-order valence-electron chi connectivity index (χ0n) is 64.6. The van der Waals surface area contributed by atoms with Crippen molar-refractivity contribution in [2.24, 2.45) is 0 Å². The zero-order chi connectivity index (χ0) is 80.3. The molecule has 21 rings (SSSR count). The van der Waals surface area contributed by atoms with Crippen LogP contribution in [0.1, 0.15) is 43.5 Å². The van der Waals surface area contributed by atoms with E-state index in [1.807, 2.05) is 99.8 Å². The van der Waals surface area contributed by atoms with Crippen molar-refractivity contribution in [3.8, 4) is 51.0 Å². The molecule has 6 N–H and O–H groups in total. The van der Waals surface area contributed by atoms with E-state index in [-0.39, 0.29) is 48.3 Å². The van der Waals surface area contributed by atoms with Gasteiger partial charge in [-0.05, 0) is 149 Å². The molecule has 13 aromatic heterocycles. The van der Waals surface area contributed by atoms with Crippen molar-refractivity contribution in [1.29, 1.82) is 0 Å². The number of ether oxygens (including phenoxy) is 1. The quantitative estimate of drug-likeness (QED) is 0.0740. The van der Waals surface area contributed by atoms with Crippen molar-refractivity contribution in [2.45, 2.75) is 70.1 Å². The van der Waals surface area contributed by atoms with Crippen molar-refractivity contribution < 1.29 is 23.9 Å². The van der Waals surface area contributed by atoms with Gasteiger partial charge in [0.2, 0.25) is 0 Å². The van der Waals surface area contributed by atoms with Gasteiger partial charge in [0.25, 0.3) is 0 Å². The molecule has 118 heavy (non-hydrogen) atoms. The van der Waals surface area contributed by atoms with Crippen LogP contribution < -0.4 is 70.5 Å². The van der Waals surface area contributed by atoms with Crippen LogP contribution in [0.5, 0.6) is 6.01 Å². The van der Waals surface area contributed by atoms with E-state index in [1.54, 1.807) is 100 Å². The fraction of sp³-hybridized carbons (Fsp3) is 0.256. The van der Waals surface area contributed by atoms with Gasteiger partial charge < -0.3 is 34.6 Å². The third-order valence-corrected chi connectivity index (χ3v) is 21.7. The highest BCUT2D eigenvalue weighted by Gasteiger charge is 2.45. The number of carbonyl (C=O) groups is 4. The predicted molar refractivity (Wildman–Crippen MR) is 446 cm³/mol. The number of imidazole rings is 1. The standard InChI is InChI=1S/C22H20N8O.C21H21N7O.C20H20N8O.C19H18N8O2/c1-13-10-14(4-7-23-13)16-2-3-18-21(27-16)30(15-6-9-29(18)11-15)22(31)28-20-19-17(5-8-24-20)25-12-26-19;1-14-12-15(8-10-22-14)17-6-7-18-20(24-17)28(16-4-3-11-27(18)13-16)21(29)25-19-5-2-9-23-26-19;1-21-17-10-13(4-6-23-17)15-2-3-16-19(25-15)28(14-5-9-27(16)12-14)20(29)26-18-11-22-7-8-24-18;1-29-18-22-8-12(9-23-18)14-2-3-15-17(24-14)27(13-4-7-26(15)11-13)19(28)25-16-10-20-5-6-21-16/h2-5,7-8,10,12,15H,6,9,11H2,1H3,(H,25,26)(H,24,28,31);2,5-10,12,16H,3-4,11,13H2,1H3,(H,25,26,29);2-4,6-8,10-11,14H,5,9,12H2,1H3,(H,21,23)(H,24,26,29);2-3,5-6,8-10,13H,4,7,11H2,1H3,(H,21,25,28)/t15-;16-;14-;13-/m0000/s1. The van der Waals surface area contributed by atoms with E-state index in [9.17, 15) is 19.2 Å². The second kappa shape index (κ2) is 32.4. The molecule has 4 atom stereocenters. The number of aromatic amines is 1. The Morgan fingerprint density at radius 3 is 1.31 bits per heavy atom. The molecule has 13 aromatic rings. The SMILES string of the molecule is CNc1cc(-c2ccc3c(n2)N(C(=O)Nc2cnccn2)[C@H]2CCN3C2)ccn1.COc1ncc(-c2ccc3c(n2)N(C(=O)Nc2cnccn2)[C@H]2CCN3C2)cn1.Cc1cc(-c2ccc3c(n2)N(C(=O)Nc2cccnn2)[C@H]2CCCN3C2)ccn1.Cc1cc(-c2ccc3c(n2)N(C(=O)Nc2nccc4[nH]cnc24)[C@H]2CCN3C2)ccn1. The second-order valence-electron chi connectivity index (χ2n) is 29.0. The van der Waals surface area contributed by atoms with Crippen LogP contribution in [0.3, 0.4) is 0 Å². The number of carbonyl (C=O) groups excluding carboxylic acids is 4. The van der Waals surface area contributed by atoms with Gasteiger partial charge in [-0.25, -0.2) is 74.0 Å². The summed E-state index contributed by atoms with van der Waals surface area (Å²) in [5, 5.41) is 22.4. The van der Waals surface area contributed by atoms with E-state index in [1.165, 1.54) is 25.7 Å². The normalized spacial score (nSPS) is 17.2. The van der Waals surface area contributed by atoms with Crippen LogP contribution in [0.2, 0.25) is 0 Å². The number of aromatic nitrogens is 18. The fourth-order valence-corrected chi connectivity index (χ4v) is 16.2. The number of nitrogens with zero attached hydrogens (tertiary/aromatic N) is 25.